The number of phenols is 1. The van der Waals surface area contributed by atoms with Crippen LogP contribution in [0.2, 0.25) is 0 Å². The fourth-order valence-corrected chi connectivity index (χ4v) is 2.04. The van der Waals surface area contributed by atoms with Crippen molar-refractivity contribution in [2.75, 3.05) is 13.1 Å². The lowest BCUT2D eigenvalue weighted by molar-refractivity contribution is -0.130. The molecule has 0 radical (unpaired) electrons. The van der Waals surface area contributed by atoms with Gasteiger partial charge in [-0.05, 0) is 37.0 Å². The van der Waals surface area contributed by atoms with Gasteiger partial charge in [0, 0.05) is 13.1 Å². The molecule has 0 heterocycles. The summed E-state index contributed by atoms with van der Waals surface area (Å²) in [5.41, 5.74) is 1.87. The lowest BCUT2D eigenvalue weighted by Gasteiger charge is -2.19. The number of hydrogen-bond acceptors (Lipinski definition) is 2. The van der Waals surface area contributed by atoms with E-state index in [2.05, 4.69) is 0 Å². The fraction of sp³-hybridized carbons (Fsp3) is 0.533. The summed E-state index contributed by atoms with van der Waals surface area (Å²) in [5, 5.41) is 9.75. The first-order valence-corrected chi connectivity index (χ1v) is 6.59. The first-order valence-electron chi connectivity index (χ1n) is 6.59. The maximum absolute atomic E-state index is 12.0. The van der Waals surface area contributed by atoms with Crippen LogP contribution in [0.1, 0.15) is 44.7 Å². The number of likely N-dealkylation sites (N-methyl/N-ethyl adjacent to an activating group) is 1. The van der Waals surface area contributed by atoms with Crippen LogP contribution in [0.5, 0.6) is 5.75 Å². The number of hydrogen-bond donors (Lipinski definition) is 1. The van der Waals surface area contributed by atoms with Gasteiger partial charge in [-0.3, -0.25) is 4.79 Å². The van der Waals surface area contributed by atoms with Gasteiger partial charge in [-0.2, -0.15) is 0 Å². The number of rotatable bonds is 5. The Labute approximate surface area is 109 Å². The number of aromatic hydroxyl groups is 1. The van der Waals surface area contributed by atoms with Crippen molar-refractivity contribution < 1.29 is 9.90 Å². The van der Waals surface area contributed by atoms with E-state index in [9.17, 15) is 9.90 Å². The summed E-state index contributed by atoms with van der Waals surface area (Å²) in [7, 11) is 0. The number of benzene rings is 1. The summed E-state index contributed by atoms with van der Waals surface area (Å²) in [4.78, 5) is 13.8. The monoisotopic (exact) mass is 249 g/mol. The summed E-state index contributed by atoms with van der Waals surface area (Å²) in [6.45, 7) is 9.51. The minimum Gasteiger partial charge on any atom is -0.508 e. The molecule has 0 fully saturated rings. The summed E-state index contributed by atoms with van der Waals surface area (Å²) in [5.74, 6) is 0.706. The van der Waals surface area contributed by atoms with Crippen molar-refractivity contribution in [2.24, 2.45) is 0 Å². The van der Waals surface area contributed by atoms with Crippen LogP contribution in [0.4, 0.5) is 0 Å². The minimum atomic E-state index is 0.139. The molecule has 0 saturated carbocycles. The number of nitrogens with zero attached hydrogens (tertiary/aromatic N) is 1. The Hall–Kier alpha value is -1.51. The SMILES string of the molecule is CCN(CC)C(=O)Cc1ccc(O)c(C(C)C)c1. The second-order valence-corrected chi connectivity index (χ2v) is 4.79. The van der Waals surface area contributed by atoms with Gasteiger partial charge in [0.25, 0.3) is 0 Å². The molecule has 1 aromatic carbocycles. The Morgan fingerprint density at radius 2 is 1.89 bits per heavy atom. The van der Waals surface area contributed by atoms with Crippen molar-refractivity contribution in [2.45, 2.75) is 40.0 Å². The van der Waals surface area contributed by atoms with Gasteiger partial charge in [0.2, 0.25) is 5.91 Å². The van der Waals surface area contributed by atoms with Crippen molar-refractivity contribution in [1.82, 2.24) is 4.90 Å². The zero-order valence-electron chi connectivity index (χ0n) is 11.7. The Kier molecular flexibility index (Phi) is 5.20. The smallest absolute Gasteiger partial charge is 0.226 e. The third-order valence-electron chi connectivity index (χ3n) is 3.19. The van der Waals surface area contributed by atoms with Crippen LogP contribution in [0, 0.1) is 0 Å². The fourth-order valence-electron chi connectivity index (χ4n) is 2.04. The molecule has 0 unspecified atom stereocenters. The molecule has 1 aromatic rings. The van der Waals surface area contributed by atoms with Crippen LogP contribution in [0.15, 0.2) is 18.2 Å². The van der Waals surface area contributed by atoms with Crippen molar-refractivity contribution >= 4 is 5.91 Å². The third-order valence-corrected chi connectivity index (χ3v) is 3.19. The van der Waals surface area contributed by atoms with Gasteiger partial charge in [-0.25, -0.2) is 0 Å². The molecule has 100 valence electrons. The molecule has 0 atom stereocenters. The highest BCUT2D eigenvalue weighted by molar-refractivity contribution is 5.78. The van der Waals surface area contributed by atoms with E-state index in [1.807, 2.05) is 44.7 Å². The molecule has 1 amide bonds. The van der Waals surface area contributed by atoms with Gasteiger partial charge < -0.3 is 10.0 Å². The normalized spacial score (nSPS) is 10.7. The zero-order valence-corrected chi connectivity index (χ0v) is 11.7. The Morgan fingerprint density at radius 3 is 2.39 bits per heavy atom. The van der Waals surface area contributed by atoms with Crippen LogP contribution in [0.3, 0.4) is 0 Å². The third kappa shape index (κ3) is 3.49. The Morgan fingerprint density at radius 1 is 1.28 bits per heavy atom. The summed E-state index contributed by atoms with van der Waals surface area (Å²) in [6, 6.07) is 5.43. The maximum Gasteiger partial charge on any atom is 0.226 e. The topological polar surface area (TPSA) is 40.5 Å². The second-order valence-electron chi connectivity index (χ2n) is 4.79. The van der Waals surface area contributed by atoms with Gasteiger partial charge >= 0.3 is 0 Å². The molecule has 1 N–H and O–H groups in total. The molecule has 0 aliphatic rings. The molecule has 3 heteroatoms. The highest BCUT2D eigenvalue weighted by Gasteiger charge is 2.12. The predicted molar refractivity (Wildman–Crippen MR) is 73.8 cm³/mol. The van der Waals surface area contributed by atoms with E-state index in [1.165, 1.54) is 0 Å². The lowest BCUT2D eigenvalue weighted by atomic mass is 9.98. The highest BCUT2D eigenvalue weighted by Crippen LogP contribution is 2.26. The second kappa shape index (κ2) is 6.43. The molecule has 0 saturated heterocycles. The van der Waals surface area contributed by atoms with E-state index < -0.39 is 0 Å². The van der Waals surface area contributed by atoms with E-state index in [1.54, 1.807) is 6.07 Å². The van der Waals surface area contributed by atoms with E-state index in [0.29, 0.717) is 12.2 Å². The van der Waals surface area contributed by atoms with Crippen molar-refractivity contribution in [3.63, 3.8) is 0 Å². The zero-order chi connectivity index (χ0) is 13.7. The minimum absolute atomic E-state index is 0.139. The standard InChI is InChI=1S/C15H23NO2/c1-5-16(6-2)15(18)10-12-7-8-14(17)13(9-12)11(3)4/h7-9,11,17H,5-6,10H2,1-4H3. The largest absolute Gasteiger partial charge is 0.508 e. The van der Waals surface area contributed by atoms with E-state index in [4.69, 9.17) is 0 Å². The Bertz CT molecular complexity index is 409. The molecule has 1 rings (SSSR count). The highest BCUT2D eigenvalue weighted by atomic mass is 16.3. The average molecular weight is 249 g/mol. The van der Waals surface area contributed by atoms with Crippen LogP contribution in [-0.2, 0) is 11.2 Å². The quantitative estimate of drug-likeness (QED) is 0.871. The summed E-state index contributed by atoms with van der Waals surface area (Å²) >= 11 is 0. The molecule has 0 aliphatic carbocycles. The van der Waals surface area contributed by atoms with E-state index in [-0.39, 0.29) is 11.8 Å². The van der Waals surface area contributed by atoms with Crippen LogP contribution in [0.25, 0.3) is 0 Å². The van der Waals surface area contributed by atoms with Crippen molar-refractivity contribution in [3.8, 4) is 5.75 Å². The van der Waals surface area contributed by atoms with Gasteiger partial charge in [-0.1, -0.05) is 26.0 Å². The van der Waals surface area contributed by atoms with Gasteiger partial charge in [0.1, 0.15) is 5.75 Å². The Balaban J connectivity index is 2.85. The molecule has 3 nitrogen and oxygen atoms in total. The number of carbonyl (C=O) groups excluding carboxylic acids is 1. The average Bonchev–Trinajstić information content (AvgIpc) is 2.32. The number of amides is 1. The molecule has 0 bridgehead atoms. The summed E-state index contributed by atoms with van der Waals surface area (Å²) < 4.78 is 0. The van der Waals surface area contributed by atoms with E-state index >= 15 is 0 Å². The first-order chi connectivity index (χ1) is 8.49. The van der Waals surface area contributed by atoms with E-state index in [0.717, 1.165) is 24.2 Å². The van der Waals surface area contributed by atoms with Crippen LogP contribution >= 0.6 is 0 Å². The maximum atomic E-state index is 12.0. The van der Waals surface area contributed by atoms with Crippen molar-refractivity contribution in [3.05, 3.63) is 29.3 Å². The van der Waals surface area contributed by atoms with Gasteiger partial charge in [0.15, 0.2) is 0 Å². The summed E-state index contributed by atoms with van der Waals surface area (Å²) in [6.07, 6.45) is 0.404. The van der Waals surface area contributed by atoms with Crippen LogP contribution in [-0.4, -0.2) is 29.0 Å². The number of carbonyl (C=O) groups is 1. The van der Waals surface area contributed by atoms with Crippen LogP contribution < -0.4 is 0 Å². The number of phenolic OH excluding ortho intramolecular Hbond substituents is 1. The molecular formula is C15H23NO2. The predicted octanol–water partition coefficient (Wildman–Crippen LogP) is 2.93. The van der Waals surface area contributed by atoms with Gasteiger partial charge in [-0.15, -0.1) is 0 Å². The molecule has 0 aromatic heterocycles. The molecular weight excluding hydrogens is 226 g/mol. The first kappa shape index (κ1) is 14.6. The molecule has 0 aliphatic heterocycles. The molecule has 18 heavy (non-hydrogen) atoms. The van der Waals surface area contributed by atoms with Crippen molar-refractivity contribution in [1.29, 1.82) is 0 Å². The molecule has 0 spiro atoms. The lowest BCUT2D eigenvalue weighted by Crippen LogP contribution is -2.31. The van der Waals surface area contributed by atoms with Gasteiger partial charge in [0.05, 0.1) is 6.42 Å².